The van der Waals surface area contributed by atoms with Crippen molar-refractivity contribution in [3.63, 3.8) is 0 Å². The molecule has 0 aliphatic heterocycles. The van der Waals surface area contributed by atoms with E-state index in [1.54, 1.807) is 6.26 Å². The Labute approximate surface area is 120 Å². The molecule has 0 aliphatic carbocycles. The van der Waals surface area contributed by atoms with Crippen LogP contribution in [0.3, 0.4) is 0 Å². The molecular weight excluding hydrogens is 283 g/mol. The summed E-state index contributed by atoms with van der Waals surface area (Å²) in [5.41, 5.74) is 2.03. The van der Waals surface area contributed by atoms with Gasteiger partial charge in [-0.15, -0.1) is 11.8 Å². The zero-order chi connectivity index (χ0) is 14.8. The third kappa shape index (κ3) is 3.48. The second-order valence-electron chi connectivity index (χ2n) is 4.40. The minimum atomic E-state index is -4.32. The maximum absolute atomic E-state index is 12.8. The molecule has 0 radical (unpaired) electrons. The van der Waals surface area contributed by atoms with Crippen molar-refractivity contribution in [1.29, 1.82) is 0 Å². The van der Waals surface area contributed by atoms with Gasteiger partial charge in [0.25, 0.3) is 0 Å². The van der Waals surface area contributed by atoms with Crippen molar-refractivity contribution >= 4 is 23.1 Å². The highest BCUT2D eigenvalue weighted by molar-refractivity contribution is 7.98. The van der Waals surface area contributed by atoms with Gasteiger partial charge in [-0.25, -0.2) is 0 Å². The highest BCUT2D eigenvalue weighted by Gasteiger charge is 2.33. The molecule has 1 nitrogen and oxygen atoms in total. The molecule has 106 valence electrons. The molecule has 2 rings (SSSR count). The number of hydrogen-bond acceptors (Lipinski definition) is 2. The number of thioether (sulfide) groups is 1. The van der Waals surface area contributed by atoms with Gasteiger partial charge in [-0.3, -0.25) is 0 Å². The van der Waals surface area contributed by atoms with Crippen molar-refractivity contribution in [2.45, 2.75) is 18.0 Å². The van der Waals surface area contributed by atoms with Gasteiger partial charge in [-0.1, -0.05) is 17.7 Å². The van der Waals surface area contributed by atoms with Crippen LogP contribution in [0.15, 0.2) is 47.4 Å². The summed E-state index contributed by atoms with van der Waals surface area (Å²) in [7, 11) is 0. The van der Waals surface area contributed by atoms with Crippen LogP contribution in [0.25, 0.3) is 0 Å². The molecule has 0 atom stereocenters. The summed E-state index contributed by atoms with van der Waals surface area (Å²) >= 11 is 1.09. The summed E-state index contributed by atoms with van der Waals surface area (Å²) in [5.74, 6) is 0. The first-order valence-corrected chi connectivity index (χ1v) is 7.21. The van der Waals surface area contributed by atoms with Crippen LogP contribution in [-0.2, 0) is 6.18 Å². The van der Waals surface area contributed by atoms with E-state index in [1.807, 2.05) is 31.2 Å². The monoisotopic (exact) mass is 297 g/mol. The first-order valence-electron chi connectivity index (χ1n) is 5.99. The number of rotatable bonds is 3. The highest BCUT2D eigenvalue weighted by atomic mass is 32.2. The lowest BCUT2D eigenvalue weighted by Crippen LogP contribution is -2.07. The standard InChI is InChI=1S/C15H14F3NS/c1-10-3-5-11(6-4-10)19-12-7-8-13(15(16,17)18)14(9-12)20-2/h3-9,19H,1-2H3. The molecule has 0 spiro atoms. The number of hydrogen-bond donors (Lipinski definition) is 1. The third-order valence-corrected chi connectivity index (χ3v) is 3.62. The van der Waals surface area contributed by atoms with Crippen LogP contribution in [0.2, 0.25) is 0 Å². The molecule has 1 N–H and O–H groups in total. The van der Waals surface area contributed by atoms with E-state index in [1.165, 1.54) is 12.1 Å². The molecule has 0 heterocycles. The van der Waals surface area contributed by atoms with Gasteiger partial charge in [0, 0.05) is 16.3 Å². The van der Waals surface area contributed by atoms with Crippen LogP contribution in [-0.4, -0.2) is 6.26 Å². The van der Waals surface area contributed by atoms with Gasteiger partial charge in [0.15, 0.2) is 0 Å². The van der Waals surface area contributed by atoms with Crippen molar-refractivity contribution in [1.82, 2.24) is 0 Å². The van der Waals surface area contributed by atoms with Crippen molar-refractivity contribution < 1.29 is 13.2 Å². The number of aryl methyl sites for hydroxylation is 1. The van der Waals surface area contributed by atoms with Crippen molar-refractivity contribution in [2.75, 3.05) is 11.6 Å². The van der Waals surface area contributed by atoms with E-state index in [2.05, 4.69) is 5.32 Å². The predicted octanol–water partition coefficient (Wildman–Crippen LogP) is 5.48. The van der Waals surface area contributed by atoms with Gasteiger partial charge in [0.1, 0.15) is 0 Å². The molecule has 0 bridgehead atoms. The van der Waals surface area contributed by atoms with Crippen molar-refractivity contribution in [2.24, 2.45) is 0 Å². The van der Waals surface area contributed by atoms with Gasteiger partial charge in [0.05, 0.1) is 5.56 Å². The van der Waals surface area contributed by atoms with Crippen LogP contribution >= 0.6 is 11.8 Å². The summed E-state index contributed by atoms with van der Waals surface area (Å²) in [4.78, 5) is 0.217. The molecule has 0 saturated heterocycles. The smallest absolute Gasteiger partial charge is 0.355 e. The maximum Gasteiger partial charge on any atom is 0.417 e. The topological polar surface area (TPSA) is 12.0 Å². The molecule has 20 heavy (non-hydrogen) atoms. The van der Waals surface area contributed by atoms with Crippen LogP contribution in [0.5, 0.6) is 0 Å². The van der Waals surface area contributed by atoms with Crippen LogP contribution in [0.4, 0.5) is 24.5 Å². The fraction of sp³-hybridized carbons (Fsp3) is 0.200. The average molecular weight is 297 g/mol. The minimum absolute atomic E-state index is 0.217. The largest absolute Gasteiger partial charge is 0.417 e. The summed E-state index contributed by atoms with van der Waals surface area (Å²) in [6.45, 7) is 1.98. The molecule has 0 amide bonds. The molecule has 5 heteroatoms. The quantitative estimate of drug-likeness (QED) is 0.753. The number of benzene rings is 2. The Bertz CT molecular complexity index is 591. The second-order valence-corrected chi connectivity index (χ2v) is 5.25. The van der Waals surface area contributed by atoms with Crippen LogP contribution in [0.1, 0.15) is 11.1 Å². The second kappa shape index (κ2) is 5.79. The predicted molar refractivity (Wildman–Crippen MR) is 77.7 cm³/mol. The number of halogens is 3. The van der Waals surface area contributed by atoms with E-state index in [4.69, 9.17) is 0 Å². The summed E-state index contributed by atoms with van der Waals surface area (Å²) in [6.07, 6.45) is -2.68. The van der Waals surface area contributed by atoms with E-state index < -0.39 is 11.7 Å². The first-order chi connectivity index (χ1) is 9.40. The third-order valence-electron chi connectivity index (χ3n) is 2.85. The fourth-order valence-corrected chi connectivity index (χ4v) is 2.46. The van der Waals surface area contributed by atoms with E-state index in [-0.39, 0.29) is 4.90 Å². The van der Waals surface area contributed by atoms with Crippen LogP contribution < -0.4 is 5.32 Å². The molecule has 2 aromatic rings. The fourth-order valence-electron chi connectivity index (χ4n) is 1.81. The normalized spacial score (nSPS) is 11.4. The average Bonchev–Trinajstić information content (AvgIpc) is 2.40. The molecular formula is C15H14F3NS. The van der Waals surface area contributed by atoms with Crippen LogP contribution in [0, 0.1) is 6.92 Å². The number of nitrogens with one attached hydrogen (secondary N) is 1. The molecule has 0 unspecified atom stereocenters. The van der Waals surface area contributed by atoms with E-state index in [0.29, 0.717) is 5.69 Å². The Morgan fingerprint density at radius 2 is 1.55 bits per heavy atom. The van der Waals surface area contributed by atoms with Gasteiger partial charge < -0.3 is 5.32 Å². The maximum atomic E-state index is 12.8. The Hall–Kier alpha value is -1.62. The van der Waals surface area contributed by atoms with E-state index in [9.17, 15) is 13.2 Å². The zero-order valence-electron chi connectivity index (χ0n) is 11.1. The zero-order valence-corrected chi connectivity index (χ0v) is 11.9. The molecule has 0 aromatic heterocycles. The van der Waals surface area contributed by atoms with E-state index in [0.717, 1.165) is 29.1 Å². The Morgan fingerprint density at radius 1 is 0.950 bits per heavy atom. The SMILES string of the molecule is CSc1cc(Nc2ccc(C)cc2)ccc1C(F)(F)F. The van der Waals surface area contributed by atoms with Crippen molar-refractivity contribution in [3.8, 4) is 0 Å². The van der Waals surface area contributed by atoms with Gasteiger partial charge in [0.2, 0.25) is 0 Å². The lowest BCUT2D eigenvalue weighted by molar-refractivity contribution is -0.139. The van der Waals surface area contributed by atoms with Crippen molar-refractivity contribution in [3.05, 3.63) is 53.6 Å². The summed E-state index contributed by atoms with van der Waals surface area (Å²) < 4.78 is 38.4. The summed E-state index contributed by atoms with van der Waals surface area (Å²) in [5, 5.41) is 3.10. The van der Waals surface area contributed by atoms with E-state index >= 15 is 0 Å². The Morgan fingerprint density at radius 3 is 2.10 bits per heavy atom. The minimum Gasteiger partial charge on any atom is -0.355 e. The molecule has 0 saturated carbocycles. The highest BCUT2D eigenvalue weighted by Crippen LogP contribution is 2.37. The molecule has 0 aliphatic rings. The number of anilines is 2. The molecule has 2 aromatic carbocycles. The first kappa shape index (κ1) is 14.8. The van der Waals surface area contributed by atoms with Gasteiger partial charge >= 0.3 is 6.18 Å². The Balaban J connectivity index is 2.28. The lowest BCUT2D eigenvalue weighted by atomic mass is 10.2. The molecule has 0 fully saturated rings. The lowest BCUT2D eigenvalue weighted by Gasteiger charge is -2.14. The number of alkyl halides is 3. The van der Waals surface area contributed by atoms with Gasteiger partial charge in [-0.05, 0) is 43.5 Å². The van der Waals surface area contributed by atoms with Gasteiger partial charge in [-0.2, -0.15) is 13.2 Å². The summed E-state index contributed by atoms with van der Waals surface area (Å²) in [6, 6.07) is 11.8. The Kier molecular flexibility index (Phi) is 4.28.